The number of likely N-dealkylation sites (tertiary alicyclic amines) is 1. The van der Waals surface area contributed by atoms with E-state index in [0.29, 0.717) is 37.7 Å². The molecule has 1 fully saturated rings. The highest BCUT2D eigenvalue weighted by atomic mass is 16.5. The van der Waals surface area contributed by atoms with Crippen molar-refractivity contribution in [2.45, 2.75) is 64.3 Å². The van der Waals surface area contributed by atoms with E-state index in [4.69, 9.17) is 14.2 Å². The van der Waals surface area contributed by atoms with Crippen LogP contribution in [0.3, 0.4) is 0 Å². The number of ether oxygens (including phenoxy) is 3. The van der Waals surface area contributed by atoms with Crippen molar-refractivity contribution in [3.05, 3.63) is 53.6 Å². The molecule has 4 rings (SSSR count). The van der Waals surface area contributed by atoms with Crippen LogP contribution in [0.4, 0.5) is 0 Å². The summed E-state index contributed by atoms with van der Waals surface area (Å²) in [6.45, 7) is 7.43. The first-order chi connectivity index (χ1) is 19.5. The molecule has 2 heterocycles. The monoisotopic (exact) mass is 552 g/mol. The summed E-state index contributed by atoms with van der Waals surface area (Å²) in [6.07, 6.45) is 5.28. The number of carbonyl (C=O) groups is 2. The van der Waals surface area contributed by atoms with Crippen molar-refractivity contribution in [3.8, 4) is 17.2 Å². The number of carboxylic acids is 1. The second kappa shape index (κ2) is 14.4. The lowest BCUT2D eigenvalue weighted by atomic mass is 9.83. The van der Waals surface area contributed by atoms with Crippen molar-refractivity contribution in [2.75, 3.05) is 46.5 Å². The van der Waals surface area contributed by atoms with E-state index in [1.165, 1.54) is 0 Å². The Morgan fingerprint density at radius 1 is 1.07 bits per heavy atom. The number of amides is 1. The first kappa shape index (κ1) is 29.7. The molecule has 1 amide bonds. The Balaban J connectivity index is 1.57. The smallest absolute Gasteiger partial charge is 0.308 e. The van der Waals surface area contributed by atoms with Gasteiger partial charge in [0.15, 0.2) is 11.5 Å². The average Bonchev–Trinajstić information content (AvgIpc) is 3.57. The standard InChI is InChI=1S/C32H44N2O6/c1-4-6-16-33(17-7-5-2)30(35)22-34-21-25(23-12-13-27-24(20-23)14-18-39-27)31(32(36)37)26(34)15-19-40-29-11-9-8-10-28(29)38-3/h8-13,20,25-26,31H,4-7,14-19,21-22H2,1-3H3,(H,36,37)/t25-,26+,31-/m1/s1. The van der Waals surface area contributed by atoms with Gasteiger partial charge in [-0.15, -0.1) is 0 Å². The molecule has 0 spiro atoms. The number of benzene rings is 2. The zero-order chi connectivity index (χ0) is 28.5. The number of methoxy groups -OCH3 is 1. The summed E-state index contributed by atoms with van der Waals surface area (Å²) >= 11 is 0. The maximum atomic E-state index is 13.6. The number of unbranched alkanes of at least 4 members (excludes halogenated alkanes) is 2. The molecule has 2 aromatic rings. The summed E-state index contributed by atoms with van der Waals surface area (Å²) in [6, 6.07) is 13.2. The molecule has 0 radical (unpaired) electrons. The number of nitrogens with zero attached hydrogens (tertiary/aromatic N) is 2. The fraction of sp³-hybridized carbons (Fsp3) is 0.562. The highest BCUT2D eigenvalue weighted by molar-refractivity contribution is 5.79. The van der Waals surface area contributed by atoms with Gasteiger partial charge in [0.25, 0.3) is 0 Å². The predicted octanol–water partition coefficient (Wildman–Crippen LogP) is 5.00. The van der Waals surface area contributed by atoms with Crippen LogP contribution in [-0.4, -0.2) is 79.3 Å². The predicted molar refractivity (Wildman–Crippen MR) is 154 cm³/mol. The minimum atomic E-state index is -0.840. The molecular formula is C32H44N2O6. The molecule has 2 aromatic carbocycles. The minimum Gasteiger partial charge on any atom is -0.493 e. The van der Waals surface area contributed by atoms with Crippen molar-refractivity contribution < 1.29 is 28.9 Å². The lowest BCUT2D eigenvalue weighted by Gasteiger charge is -2.29. The average molecular weight is 553 g/mol. The number of hydrogen-bond donors (Lipinski definition) is 1. The Hall–Kier alpha value is -3.26. The van der Waals surface area contributed by atoms with E-state index in [-0.39, 0.29) is 24.4 Å². The quantitative estimate of drug-likeness (QED) is 0.333. The van der Waals surface area contributed by atoms with Crippen molar-refractivity contribution in [3.63, 3.8) is 0 Å². The third kappa shape index (κ3) is 7.08. The van der Waals surface area contributed by atoms with E-state index < -0.39 is 11.9 Å². The zero-order valence-corrected chi connectivity index (χ0v) is 24.1. The van der Waals surface area contributed by atoms with Crippen LogP contribution in [0.15, 0.2) is 42.5 Å². The lowest BCUT2D eigenvalue weighted by Crippen LogP contribution is -2.45. The van der Waals surface area contributed by atoms with E-state index in [0.717, 1.165) is 62.1 Å². The summed E-state index contributed by atoms with van der Waals surface area (Å²) in [7, 11) is 1.60. The Morgan fingerprint density at radius 2 is 1.80 bits per heavy atom. The van der Waals surface area contributed by atoms with Gasteiger partial charge in [0, 0.05) is 38.0 Å². The fourth-order valence-corrected chi connectivity index (χ4v) is 5.99. The van der Waals surface area contributed by atoms with E-state index in [1.54, 1.807) is 7.11 Å². The van der Waals surface area contributed by atoms with Crippen LogP contribution in [0.25, 0.3) is 0 Å². The topological polar surface area (TPSA) is 88.5 Å². The molecule has 2 aliphatic heterocycles. The summed E-state index contributed by atoms with van der Waals surface area (Å²) in [4.78, 5) is 30.4. The SMILES string of the molecule is CCCCN(CCCC)C(=O)CN1C[C@H](c2ccc3c(c2)CCO3)[C@@H](C(=O)O)[C@@H]1CCOc1ccccc1OC. The van der Waals surface area contributed by atoms with Gasteiger partial charge in [0.05, 0.1) is 32.8 Å². The van der Waals surface area contributed by atoms with E-state index >= 15 is 0 Å². The normalized spacial score (nSPS) is 20.1. The van der Waals surface area contributed by atoms with Crippen LogP contribution >= 0.6 is 0 Å². The van der Waals surface area contributed by atoms with Gasteiger partial charge in [-0.3, -0.25) is 14.5 Å². The van der Waals surface area contributed by atoms with Gasteiger partial charge in [-0.05, 0) is 48.6 Å². The molecule has 3 atom stereocenters. The maximum Gasteiger partial charge on any atom is 0.308 e. The molecule has 40 heavy (non-hydrogen) atoms. The molecule has 8 heteroatoms. The highest BCUT2D eigenvalue weighted by Gasteiger charge is 2.47. The third-order valence-electron chi connectivity index (χ3n) is 8.17. The molecule has 218 valence electrons. The zero-order valence-electron chi connectivity index (χ0n) is 24.1. The Morgan fingerprint density at radius 3 is 2.48 bits per heavy atom. The minimum absolute atomic E-state index is 0.0738. The molecule has 0 aromatic heterocycles. The Bertz CT molecular complexity index is 1130. The van der Waals surface area contributed by atoms with Crippen LogP contribution in [0.2, 0.25) is 0 Å². The second-order valence-electron chi connectivity index (χ2n) is 10.8. The summed E-state index contributed by atoms with van der Waals surface area (Å²) in [5.74, 6) is 0.484. The van der Waals surface area contributed by atoms with Crippen LogP contribution in [-0.2, 0) is 16.0 Å². The van der Waals surface area contributed by atoms with E-state index in [2.05, 4.69) is 24.8 Å². The van der Waals surface area contributed by atoms with Gasteiger partial charge < -0.3 is 24.2 Å². The first-order valence-electron chi connectivity index (χ1n) is 14.7. The molecular weight excluding hydrogens is 508 g/mol. The van der Waals surface area contributed by atoms with Crippen LogP contribution in [0, 0.1) is 5.92 Å². The van der Waals surface area contributed by atoms with Gasteiger partial charge >= 0.3 is 5.97 Å². The van der Waals surface area contributed by atoms with Crippen molar-refractivity contribution in [2.24, 2.45) is 5.92 Å². The molecule has 0 bridgehead atoms. The second-order valence-corrected chi connectivity index (χ2v) is 10.8. The van der Waals surface area contributed by atoms with Gasteiger partial charge in [-0.2, -0.15) is 0 Å². The molecule has 0 aliphatic carbocycles. The number of carbonyl (C=O) groups excluding carboxylic acids is 1. The number of carboxylic acid groups (broad SMARTS) is 1. The molecule has 2 aliphatic rings. The van der Waals surface area contributed by atoms with Crippen molar-refractivity contribution in [1.82, 2.24) is 9.80 Å². The number of hydrogen-bond acceptors (Lipinski definition) is 6. The van der Waals surface area contributed by atoms with Crippen LogP contribution < -0.4 is 14.2 Å². The number of rotatable bonds is 15. The van der Waals surface area contributed by atoms with Gasteiger partial charge in [0.2, 0.25) is 5.91 Å². The first-order valence-corrected chi connectivity index (χ1v) is 14.7. The summed E-state index contributed by atoms with van der Waals surface area (Å²) in [5, 5.41) is 10.5. The van der Waals surface area contributed by atoms with E-state index in [1.807, 2.05) is 41.3 Å². The molecule has 0 unspecified atom stereocenters. The van der Waals surface area contributed by atoms with E-state index in [9.17, 15) is 14.7 Å². The largest absolute Gasteiger partial charge is 0.493 e. The highest BCUT2D eigenvalue weighted by Crippen LogP contribution is 2.41. The van der Waals surface area contributed by atoms with Crippen LogP contribution in [0.5, 0.6) is 17.2 Å². The van der Waals surface area contributed by atoms with Gasteiger partial charge in [0.1, 0.15) is 5.75 Å². The summed E-state index contributed by atoms with van der Waals surface area (Å²) < 4.78 is 17.2. The number of para-hydroxylation sites is 2. The molecule has 8 nitrogen and oxygen atoms in total. The molecule has 1 N–H and O–H groups in total. The van der Waals surface area contributed by atoms with Crippen molar-refractivity contribution >= 4 is 11.9 Å². The van der Waals surface area contributed by atoms with Crippen molar-refractivity contribution in [1.29, 1.82) is 0 Å². The fourth-order valence-electron chi connectivity index (χ4n) is 5.99. The van der Waals surface area contributed by atoms with Gasteiger partial charge in [-0.25, -0.2) is 0 Å². The number of aliphatic carboxylic acids is 1. The molecule has 1 saturated heterocycles. The third-order valence-corrected chi connectivity index (χ3v) is 8.17. The van der Waals surface area contributed by atoms with Gasteiger partial charge in [-0.1, -0.05) is 51.0 Å². The molecule has 0 saturated carbocycles. The Kier molecular flexibility index (Phi) is 10.7. The Labute approximate surface area is 238 Å². The maximum absolute atomic E-state index is 13.6. The van der Waals surface area contributed by atoms with Crippen LogP contribution in [0.1, 0.15) is 63.0 Å². The summed E-state index contributed by atoms with van der Waals surface area (Å²) in [5.41, 5.74) is 2.12. The number of fused-ring (bicyclic) bond motifs is 1. The lowest BCUT2D eigenvalue weighted by molar-refractivity contribution is -0.144.